The number of nitrogens with one attached hydrogen (secondary N) is 2. The van der Waals surface area contributed by atoms with E-state index in [-0.39, 0.29) is 31.4 Å². The number of benzene rings is 3. The van der Waals surface area contributed by atoms with Crippen molar-refractivity contribution in [3.8, 4) is 5.75 Å². The molecule has 7 nitrogen and oxygen atoms in total. The molecule has 33 heavy (non-hydrogen) atoms. The van der Waals surface area contributed by atoms with Gasteiger partial charge in [-0.25, -0.2) is 0 Å². The fraction of sp³-hybridized carbons (Fsp3) is 0.160. The molecule has 0 aliphatic carbocycles. The van der Waals surface area contributed by atoms with Crippen molar-refractivity contribution in [2.24, 2.45) is 0 Å². The molecule has 0 unspecified atom stereocenters. The zero-order valence-electron chi connectivity index (χ0n) is 18.1. The molecule has 170 valence electrons. The number of hydrogen-bond donors (Lipinski definition) is 2. The Labute approximate surface area is 197 Å². The minimum absolute atomic E-state index is 0.219. The van der Waals surface area contributed by atoms with Crippen molar-refractivity contribution < 1.29 is 19.1 Å². The van der Waals surface area contributed by atoms with E-state index in [1.54, 1.807) is 55.6 Å². The molecule has 0 fully saturated rings. The second kappa shape index (κ2) is 11.7. The van der Waals surface area contributed by atoms with Crippen LogP contribution in [0, 0.1) is 0 Å². The third-order valence-corrected chi connectivity index (χ3v) is 5.09. The smallest absolute Gasteiger partial charge is 0.256 e. The fourth-order valence-corrected chi connectivity index (χ4v) is 3.31. The maximum absolute atomic E-state index is 13.1. The zero-order chi connectivity index (χ0) is 23.6. The summed E-state index contributed by atoms with van der Waals surface area (Å²) in [6.07, 6.45) is 0. The Kier molecular flexibility index (Phi) is 8.43. The normalized spacial score (nSPS) is 10.2. The van der Waals surface area contributed by atoms with Crippen LogP contribution >= 0.6 is 11.6 Å². The molecule has 0 saturated carbocycles. The molecule has 3 amide bonds. The summed E-state index contributed by atoms with van der Waals surface area (Å²) in [4.78, 5) is 39.3. The summed E-state index contributed by atoms with van der Waals surface area (Å²) < 4.78 is 5.08. The molecule has 0 aromatic heterocycles. The molecule has 3 rings (SSSR count). The quantitative estimate of drug-likeness (QED) is 0.504. The molecular weight excluding hydrogens is 442 g/mol. The third-order valence-electron chi connectivity index (χ3n) is 4.76. The predicted molar refractivity (Wildman–Crippen MR) is 127 cm³/mol. The van der Waals surface area contributed by atoms with E-state index in [9.17, 15) is 14.4 Å². The lowest BCUT2D eigenvalue weighted by Crippen LogP contribution is -2.42. The molecule has 0 atom stereocenters. The molecular formula is C25H24ClN3O4. The first-order chi connectivity index (χ1) is 16.0. The van der Waals surface area contributed by atoms with E-state index < -0.39 is 5.91 Å². The summed E-state index contributed by atoms with van der Waals surface area (Å²) in [5, 5.41) is 5.56. The first kappa shape index (κ1) is 23.8. The van der Waals surface area contributed by atoms with Gasteiger partial charge in [0.1, 0.15) is 12.3 Å². The van der Waals surface area contributed by atoms with Gasteiger partial charge in [0.2, 0.25) is 11.8 Å². The van der Waals surface area contributed by atoms with Gasteiger partial charge in [-0.3, -0.25) is 14.4 Å². The maximum Gasteiger partial charge on any atom is 0.256 e. The van der Waals surface area contributed by atoms with Crippen LogP contribution in [-0.2, 0) is 16.1 Å². The highest BCUT2D eigenvalue weighted by atomic mass is 35.5. The lowest BCUT2D eigenvalue weighted by atomic mass is 10.1. The van der Waals surface area contributed by atoms with E-state index in [1.165, 1.54) is 4.90 Å². The molecule has 3 aromatic rings. The van der Waals surface area contributed by atoms with Gasteiger partial charge in [0.05, 0.1) is 24.2 Å². The highest BCUT2D eigenvalue weighted by Crippen LogP contribution is 2.18. The largest absolute Gasteiger partial charge is 0.497 e. The van der Waals surface area contributed by atoms with E-state index in [0.717, 1.165) is 5.56 Å². The van der Waals surface area contributed by atoms with Crippen LogP contribution in [0.15, 0.2) is 78.9 Å². The van der Waals surface area contributed by atoms with Crippen molar-refractivity contribution in [3.63, 3.8) is 0 Å². The molecule has 0 bridgehead atoms. The first-order valence-corrected chi connectivity index (χ1v) is 10.6. The third kappa shape index (κ3) is 7.08. The summed E-state index contributed by atoms with van der Waals surface area (Å²) in [6.45, 7) is -0.241. The molecule has 0 heterocycles. The number of amides is 3. The van der Waals surface area contributed by atoms with Gasteiger partial charge in [-0.2, -0.15) is 0 Å². The number of hydrogen-bond acceptors (Lipinski definition) is 4. The van der Waals surface area contributed by atoms with Crippen molar-refractivity contribution in [2.75, 3.05) is 25.5 Å². The maximum atomic E-state index is 13.1. The van der Waals surface area contributed by atoms with Crippen LogP contribution in [-0.4, -0.2) is 42.8 Å². The Hall–Kier alpha value is -3.84. The molecule has 0 radical (unpaired) electrons. The van der Waals surface area contributed by atoms with Crippen LogP contribution in [0.2, 0.25) is 5.02 Å². The van der Waals surface area contributed by atoms with Gasteiger partial charge in [0.25, 0.3) is 5.91 Å². The van der Waals surface area contributed by atoms with Crippen LogP contribution < -0.4 is 15.4 Å². The Balaban J connectivity index is 1.62. The molecule has 2 N–H and O–H groups in total. The van der Waals surface area contributed by atoms with Crippen molar-refractivity contribution in [3.05, 3.63) is 95.0 Å². The van der Waals surface area contributed by atoms with E-state index in [1.807, 2.05) is 30.3 Å². The highest BCUT2D eigenvalue weighted by molar-refractivity contribution is 6.33. The Morgan fingerprint density at radius 2 is 1.55 bits per heavy atom. The lowest BCUT2D eigenvalue weighted by molar-refractivity contribution is -0.124. The van der Waals surface area contributed by atoms with Crippen LogP contribution in [0.5, 0.6) is 5.75 Å². The van der Waals surface area contributed by atoms with E-state index in [0.29, 0.717) is 22.0 Å². The number of carbonyl (C=O) groups excluding carboxylic acids is 3. The zero-order valence-corrected chi connectivity index (χ0v) is 18.8. The molecule has 0 saturated heterocycles. The monoisotopic (exact) mass is 465 g/mol. The summed E-state index contributed by atoms with van der Waals surface area (Å²) >= 11 is 6.19. The van der Waals surface area contributed by atoms with Crippen molar-refractivity contribution in [1.82, 2.24) is 10.2 Å². The minimum Gasteiger partial charge on any atom is -0.497 e. The molecule has 0 aliphatic heterocycles. The van der Waals surface area contributed by atoms with Crippen LogP contribution in [0.3, 0.4) is 0 Å². The topological polar surface area (TPSA) is 87.7 Å². The SMILES string of the molecule is COc1ccc(NC(=O)CNC(=O)CN(Cc2ccccc2)C(=O)c2ccccc2Cl)cc1. The predicted octanol–water partition coefficient (Wildman–Crippen LogP) is 3.75. The van der Waals surface area contributed by atoms with Gasteiger partial charge in [-0.05, 0) is 42.0 Å². The number of methoxy groups -OCH3 is 1. The lowest BCUT2D eigenvalue weighted by Gasteiger charge is -2.23. The average molecular weight is 466 g/mol. The second-order valence-electron chi connectivity index (χ2n) is 7.18. The van der Waals surface area contributed by atoms with Gasteiger partial charge in [-0.1, -0.05) is 54.1 Å². The van der Waals surface area contributed by atoms with Crippen molar-refractivity contribution >= 4 is 35.0 Å². The van der Waals surface area contributed by atoms with Gasteiger partial charge in [0.15, 0.2) is 0 Å². The van der Waals surface area contributed by atoms with Crippen LogP contribution in [0.4, 0.5) is 5.69 Å². The number of halogens is 1. The van der Waals surface area contributed by atoms with E-state index in [2.05, 4.69) is 10.6 Å². The molecule has 3 aromatic carbocycles. The number of rotatable bonds is 9. The van der Waals surface area contributed by atoms with Crippen molar-refractivity contribution in [2.45, 2.75) is 6.54 Å². The highest BCUT2D eigenvalue weighted by Gasteiger charge is 2.21. The molecule has 0 aliphatic rings. The molecule has 8 heteroatoms. The molecule has 0 spiro atoms. The Morgan fingerprint density at radius 1 is 0.879 bits per heavy atom. The number of anilines is 1. The van der Waals surface area contributed by atoms with Gasteiger partial charge < -0.3 is 20.3 Å². The van der Waals surface area contributed by atoms with Gasteiger partial charge in [0, 0.05) is 12.2 Å². The number of ether oxygens (including phenoxy) is 1. The van der Waals surface area contributed by atoms with Crippen LogP contribution in [0.25, 0.3) is 0 Å². The number of carbonyl (C=O) groups is 3. The van der Waals surface area contributed by atoms with Gasteiger partial charge >= 0.3 is 0 Å². The fourth-order valence-electron chi connectivity index (χ4n) is 3.10. The minimum atomic E-state index is -0.462. The summed E-state index contributed by atoms with van der Waals surface area (Å²) in [6, 6.07) is 22.8. The summed E-state index contributed by atoms with van der Waals surface area (Å²) in [5.74, 6) is -0.554. The summed E-state index contributed by atoms with van der Waals surface area (Å²) in [7, 11) is 1.56. The van der Waals surface area contributed by atoms with Gasteiger partial charge in [-0.15, -0.1) is 0 Å². The average Bonchev–Trinajstić information content (AvgIpc) is 2.83. The Morgan fingerprint density at radius 3 is 2.21 bits per heavy atom. The van der Waals surface area contributed by atoms with Crippen molar-refractivity contribution in [1.29, 1.82) is 0 Å². The second-order valence-corrected chi connectivity index (χ2v) is 7.59. The van der Waals surface area contributed by atoms with E-state index in [4.69, 9.17) is 16.3 Å². The standard InChI is InChI=1S/C25H24ClN3O4/c1-33-20-13-11-19(12-14-20)28-23(30)15-27-24(31)17-29(16-18-7-3-2-4-8-18)25(32)21-9-5-6-10-22(21)26/h2-14H,15-17H2,1H3,(H,27,31)(H,28,30). The van der Waals surface area contributed by atoms with Crippen LogP contribution in [0.1, 0.15) is 15.9 Å². The Bertz CT molecular complexity index is 1100. The first-order valence-electron chi connectivity index (χ1n) is 10.2. The number of nitrogens with zero attached hydrogens (tertiary/aromatic N) is 1. The van der Waals surface area contributed by atoms with E-state index >= 15 is 0 Å². The summed E-state index contributed by atoms with van der Waals surface area (Å²) in [5.41, 5.74) is 1.75.